The monoisotopic (exact) mass is 205 g/mol. The molecule has 0 rings (SSSR count). The summed E-state index contributed by atoms with van der Waals surface area (Å²) in [5.74, 6) is 0. The Morgan fingerprint density at radius 1 is 0.545 bits per heavy atom. The summed E-state index contributed by atoms with van der Waals surface area (Å²) in [5, 5.41) is 0. The Hall–Kier alpha value is -1.14. The molecule has 0 saturated heterocycles. The van der Waals surface area contributed by atoms with Crippen LogP contribution in [0.1, 0.15) is 0 Å². The van der Waals surface area contributed by atoms with Gasteiger partial charge in [-0.1, -0.05) is 0 Å². The molecule has 0 heterocycles. The molecule has 0 amide bonds. The van der Waals surface area contributed by atoms with E-state index in [1.165, 1.54) is 0 Å². The van der Waals surface area contributed by atoms with E-state index in [1.807, 2.05) is 6.79 Å². The van der Waals surface area contributed by atoms with Gasteiger partial charge < -0.3 is 24.0 Å². The quantitative estimate of drug-likeness (QED) is 0.363. The van der Waals surface area contributed by atoms with E-state index in [-0.39, 0.29) is 16.8 Å². The van der Waals surface area contributed by atoms with Gasteiger partial charge in [-0.05, 0) is 0 Å². The maximum atomic E-state index is 8.00. The molecule has 0 bridgehead atoms. The molecule has 0 aliphatic carbocycles. The van der Waals surface area contributed by atoms with Crippen molar-refractivity contribution in [2.24, 2.45) is 0 Å². The largest absolute Gasteiger partial charge is 0.545 e. The topological polar surface area (TPSA) is 85.3 Å². The van der Waals surface area contributed by atoms with Crippen LogP contribution in [-0.4, -0.2) is 33.9 Å². The predicted molar refractivity (Wildman–Crippen MR) is 34.1 cm³/mol. The van der Waals surface area contributed by atoms with Crippen LogP contribution in [0.4, 0.5) is 0 Å². The van der Waals surface area contributed by atoms with Crippen molar-refractivity contribution in [3.05, 3.63) is 0 Å². The van der Waals surface area contributed by atoms with E-state index >= 15 is 0 Å². The van der Waals surface area contributed by atoms with Gasteiger partial charge in [0, 0.05) is 16.8 Å². The second kappa shape index (κ2) is 418. The smallest absolute Gasteiger partial charge is 0.106 e. The summed E-state index contributed by atoms with van der Waals surface area (Å²) in [7, 11) is 0. The van der Waals surface area contributed by atoms with E-state index in [1.54, 1.807) is 0 Å². The minimum Gasteiger partial charge on any atom is -0.545 e. The van der Waals surface area contributed by atoms with Crippen molar-refractivity contribution >= 4 is 33.9 Å². The van der Waals surface area contributed by atoms with E-state index in [2.05, 4.69) is 27.2 Å². The van der Waals surface area contributed by atoms with Gasteiger partial charge in [0.25, 0.3) is 0 Å². The molecule has 0 aliphatic rings. The first-order valence-corrected chi connectivity index (χ1v) is 1.23. The first kappa shape index (κ1) is 52.0. The summed E-state index contributed by atoms with van der Waals surface area (Å²) in [4.78, 5) is 39.0. The normalized spacial score (nSPS) is 1.82. The molecular formula is C5H6CoO5-4. The molecule has 0 unspecified atom stereocenters. The molecule has 0 saturated carbocycles. The van der Waals surface area contributed by atoms with Crippen LogP contribution in [0.25, 0.3) is 0 Å². The van der Waals surface area contributed by atoms with Crippen LogP contribution in [-0.2, 0) is 40.8 Å². The average Bonchev–Trinajstić information content (AvgIpc) is 2.20. The van der Waals surface area contributed by atoms with E-state index in [4.69, 9.17) is 24.0 Å². The average molecular weight is 205 g/mol. The first-order valence-electron chi connectivity index (χ1n) is 1.23. The van der Waals surface area contributed by atoms with Crippen LogP contribution in [0.3, 0.4) is 0 Å². The summed E-state index contributed by atoms with van der Waals surface area (Å²) in [6.07, 6.45) is 0. The third-order valence-electron chi connectivity index (χ3n) is 0. The van der Waals surface area contributed by atoms with Crippen LogP contribution in [0.15, 0.2) is 0 Å². The summed E-state index contributed by atoms with van der Waals surface area (Å²) in [5.41, 5.74) is 0. The number of carbonyl (C=O) groups excluding carboxylic acids is 5. The molecule has 0 aromatic rings. The van der Waals surface area contributed by atoms with Gasteiger partial charge in [0.15, 0.2) is 0 Å². The van der Waals surface area contributed by atoms with Crippen molar-refractivity contribution < 1.29 is 40.8 Å². The molecule has 6 heteroatoms. The predicted octanol–water partition coefficient (Wildman–Crippen LogP) is -1.28. The second-order valence-corrected chi connectivity index (χ2v) is 0. The molecule has 11 heavy (non-hydrogen) atoms. The molecule has 5 nitrogen and oxygen atoms in total. The maximum Gasteiger partial charge on any atom is 0.106 e. The van der Waals surface area contributed by atoms with Gasteiger partial charge >= 0.3 is 0 Å². The Bertz CT molecular complexity index is 26.4. The Morgan fingerprint density at radius 2 is 0.545 bits per heavy atom. The van der Waals surface area contributed by atoms with Crippen molar-refractivity contribution in [2.75, 3.05) is 0 Å². The van der Waals surface area contributed by atoms with Gasteiger partial charge in [0.1, 0.15) is 6.79 Å². The molecule has 0 atom stereocenters. The van der Waals surface area contributed by atoms with Gasteiger partial charge in [-0.3, -0.25) is 27.2 Å². The van der Waals surface area contributed by atoms with Crippen LogP contribution in [0.5, 0.6) is 0 Å². The molecule has 0 N–H and O–H groups in total. The number of rotatable bonds is 0. The molecule has 0 spiro atoms. The first-order chi connectivity index (χ1) is 5.00. The van der Waals surface area contributed by atoms with Crippen molar-refractivity contribution in [2.45, 2.75) is 0 Å². The summed E-state index contributed by atoms with van der Waals surface area (Å²) < 4.78 is 0. The second-order valence-electron chi connectivity index (χ2n) is 0. The molecule has 69 valence electrons. The fourth-order valence-electron chi connectivity index (χ4n) is 0. The minimum atomic E-state index is 0. The van der Waals surface area contributed by atoms with Crippen molar-refractivity contribution in [1.82, 2.24) is 0 Å². The van der Waals surface area contributed by atoms with E-state index < -0.39 is 0 Å². The number of hydrogen-bond acceptors (Lipinski definition) is 5. The van der Waals surface area contributed by atoms with E-state index in [9.17, 15) is 0 Å². The Balaban J connectivity index is -0.00000000694. The number of carbonyl (C=O) groups is 1. The van der Waals surface area contributed by atoms with Crippen LogP contribution >= 0.6 is 0 Å². The molecule has 0 aliphatic heterocycles. The van der Waals surface area contributed by atoms with Gasteiger partial charge in [0.2, 0.25) is 0 Å². The molecule has 1 radical (unpaired) electrons. The molecule has 0 aromatic heterocycles. The Morgan fingerprint density at radius 3 is 0.545 bits per heavy atom. The van der Waals surface area contributed by atoms with Crippen molar-refractivity contribution in [1.29, 1.82) is 0 Å². The molecule has 0 fully saturated rings. The Labute approximate surface area is 75.3 Å². The van der Waals surface area contributed by atoms with Gasteiger partial charge in [-0.25, -0.2) is 0 Å². The zero-order chi connectivity index (χ0) is 10.0. The Kier molecular flexibility index (Phi) is 1980. The van der Waals surface area contributed by atoms with Crippen molar-refractivity contribution in [3.63, 3.8) is 0 Å². The van der Waals surface area contributed by atoms with E-state index in [0.29, 0.717) is 0 Å². The van der Waals surface area contributed by atoms with Crippen molar-refractivity contribution in [3.8, 4) is 0 Å². The van der Waals surface area contributed by atoms with Crippen LogP contribution in [0, 0.1) is 0 Å². The van der Waals surface area contributed by atoms with Crippen LogP contribution in [0.2, 0.25) is 0 Å². The van der Waals surface area contributed by atoms with Gasteiger partial charge in [-0.15, -0.1) is 0 Å². The third kappa shape index (κ3) is 318. The minimum absolute atomic E-state index is 0. The summed E-state index contributed by atoms with van der Waals surface area (Å²) in [6.45, 7) is 15.0. The standard InChI is InChI=1S/CH2O.4CHO.Co/c5*1-2;/h1H2;4*1H;/q;4*-1;. The van der Waals surface area contributed by atoms with Gasteiger partial charge in [-0.2, -0.15) is 0 Å². The molecule has 0 aromatic carbocycles. The summed E-state index contributed by atoms with van der Waals surface area (Å²) in [6, 6.07) is 0. The zero-order valence-corrected chi connectivity index (χ0v) is 6.43. The van der Waals surface area contributed by atoms with Gasteiger partial charge in [0.05, 0.1) is 0 Å². The van der Waals surface area contributed by atoms with E-state index in [0.717, 1.165) is 0 Å². The SMILES string of the molecule is C=O.[CH-]=O.[CH-]=O.[CH-]=O.[CH-]=O.[Co]. The number of hydrogen-bond donors (Lipinski definition) is 0. The summed E-state index contributed by atoms with van der Waals surface area (Å²) >= 11 is 0. The third-order valence-corrected chi connectivity index (χ3v) is 0. The molecular weight excluding hydrogens is 199 g/mol. The fraction of sp³-hybridized carbons (Fsp3) is 0. The zero-order valence-electron chi connectivity index (χ0n) is 5.39. The fourth-order valence-corrected chi connectivity index (χ4v) is 0. The van der Waals surface area contributed by atoms with Crippen LogP contribution < -0.4 is 0 Å². The maximum absolute atomic E-state index is 8.00.